The van der Waals surface area contributed by atoms with Crippen molar-refractivity contribution in [2.45, 2.75) is 32.7 Å². The van der Waals surface area contributed by atoms with Crippen LogP contribution in [0.4, 0.5) is 0 Å². The van der Waals surface area contributed by atoms with Crippen molar-refractivity contribution < 1.29 is 9.59 Å². The molecule has 2 aromatic rings. The topological polar surface area (TPSA) is 61.4 Å². The van der Waals surface area contributed by atoms with E-state index < -0.39 is 0 Å². The summed E-state index contributed by atoms with van der Waals surface area (Å²) in [6.45, 7) is 6.06. The molecule has 1 fully saturated rings. The summed E-state index contributed by atoms with van der Waals surface area (Å²) in [4.78, 5) is 26.8. The molecular weight excluding hydrogens is 362 g/mol. The van der Waals surface area contributed by atoms with Gasteiger partial charge >= 0.3 is 0 Å². The van der Waals surface area contributed by atoms with Crippen molar-refractivity contribution in [3.8, 4) is 0 Å². The molecule has 1 saturated heterocycles. The summed E-state index contributed by atoms with van der Waals surface area (Å²) in [5.74, 6) is 0.355. The van der Waals surface area contributed by atoms with Crippen LogP contribution in [0.5, 0.6) is 0 Å². The fourth-order valence-electron chi connectivity index (χ4n) is 3.86. The lowest BCUT2D eigenvalue weighted by atomic mass is 9.97. The molecule has 1 unspecified atom stereocenters. The summed E-state index contributed by atoms with van der Waals surface area (Å²) in [5, 5.41) is 5.88. The van der Waals surface area contributed by atoms with E-state index in [0.29, 0.717) is 31.0 Å². The van der Waals surface area contributed by atoms with Gasteiger partial charge in [-0.1, -0.05) is 48.5 Å². The molecule has 1 aliphatic rings. The highest BCUT2D eigenvalue weighted by atomic mass is 16.2. The number of carbonyl (C=O) groups excluding carboxylic acids is 2. The third kappa shape index (κ3) is 6.71. The van der Waals surface area contributed by atoms with Crippen molar-refractivity contribution >= 4 is 11.8 Å². The average molecular weight is 394 g/mol. The molecule has 0 aromatic heterocycles. The SMILES string of the molecule is Cc1ccccc1C(=O)NCCC(=O)NCC1CCCN(Cc2ccccc2)C1. The number of likely N-dealkylation sites (tertiary alicyclic amines) is 1. The zero-order valence-corrected chi connectivity index (χ0v) is 17.2. The maximum atomic E-state index is 12.2. The Bertz CT molecular complexity index is 807. The lowest BCUT2D eigenvalue weighted by Crippen LogP contribution is -2.41. The van der Waals surface area contributed by atoms with Crippen molar-refractivity contribution in [2.75, 3.05) is 26.2 Å². The number of nitrogens with one attached hydrogen (secondary N) is 2. The van der Waals surface area contributed by atoms with Crippen LogP contribution < -0.4 is 10.6 Å². The fourth-order valence-corrected chi connectivity index (χ4v) is 3.86. The maximum absolute atomic E-state index is 12.2. The van der Waals surface area contributed by atoms with Gasteiger partial charge in [-0.2, -0.15) is 0 Å². The van der Waals surface area contributed by atoms with Gasteiger partial charge in [0.2, 0.25) is 5.91 Å². The zero-order chi connectivity index (χ0) is 20.5. The molecule has 0 saturated carbocycles. The van der Waals surface area contributed by atoms with Crippen LogP contribution in [-0.2, 0) is 11.3 Å². The van der Waals surface area contributed by atoms with Crippen molar-refractivity contribution in [2.24, 2.45) is 5.92 Å². The number of carbonyl (C=O) groups is 2. The van der Waals surface area contributed by atoms with Gasteiger partial charge in [0.15, 0.2) is 0 Å². The molecule has 1 atom stereocenters. The van der Waals surface area contributed by atoms with Crippen molar-refractivity contribution in [3.05, 3.63) is 71.3 Å². The second kappa shape index (κ2) is 10.8. The van der Waals surface area contributed by atoms with E-state index in [4.69, 9.17) is 0 Å². The Labute approximate surface area is 173 Å². The van der Waals surface area contributed by atoms with E-state index in [2.05, 4.69) is 39.8 Å². The van der Waals surface area contributed by atoms with E-state index in [0.717, 1.165) is 31.6 Å². The van der Waals surface area contributed by atoms with E-state index in [-0.39, 0.29) is 11.8 Å². The minimum Gasteiger partial charge on any atom is -0.356 e. The Hall–Kier alpha value is -2.66. The summed E-state index contributed by atoms with van der Waals surface area (Å²) >= 11 is 0. The number of aryl methyl sites for hydroxylation is 1. The Balaban J connectivity index is 1.34. The van der Waals surface area contributed by atoms with Gasteiger partial charge in [-0.25, -0.2) is 0 Å². The standard InChI is InChI=1S/C24H31N3O2/c1-19-8-5-6-12-22(19)24(29)25-14-13-23(28)26-16-21-11-7-15-27(18-21)17-20-9-3-2-4-10-20/h2-6,8-10,12,21H,7,11,13-18H2,1H3,(H,25,29)(H,26,28). The lowest BCUT2D eigenvalue weighted by molar-refractivity contribution is -0.121. The fraction of sp³-hybridized carbons (Fsp3) is 0.417. The van der Waals surface area contributed by atoms with E-state index in [1.807, 2.05) is 31.2 Å². The van der Waals surface area contributed by atoms with Gasteiger partial charge in [0, 0.05) is 38.2 Å². The Kier molecular flexibility index (Phi) is 7.82. The summed E-state index contributed by atoms with van der Waals surface area (Å²) in [6.07, 6.45) is 2.62. The van der Waals surface area contributed by atoms with E-state index in [1.54, 1.807) is 6.07 Å². The Morgan fingerprint density at radius 3 is 2.59 bits per heavy atom. The Morgan fingerprint density at radius 1 is 1.03 bits per heavy atom. The number of hydrogen-bond acceptors (Lipinski definition) is 3. The summed E-state index contributed by atoms with van der Waals surface area (Å²) < 4.78 is 0. The molecule has 1 heterocycles. The highest BCUT2D eigenvalue weighted by Crippen LogP contribution is 2.18. The van der Waals surface area contributed by atoms with Gasteiger partial charge in [0.1, 0.15) is 0 Å². The molecule has 2 amide bonds. The number of nitrogens with zero attached hydrogens (tertiary/aromatic N) is 1. The third-order valence-electron chi connectivity index (χ3n) is 5.47. The number of rotatable bonds is 8. The van der Waals surface area contributed by atoms with Crippen LogP contribution in [0.3, 0.4) is 0 Å². The quantitative estimate of drug-likeness (QED) is 0.724. The molecule has 2 aromatic carbocycles. The average Bonchev–Trinajstić information content (AvgIpc) is 2.73. The summed E-state index contributed by atoms with van der Waals surface area (Å²) in [5.41, 5.74) is 2.93. The van der Waals surface area contributed by atoms with E-state index in [9.17, 15) is 9.59 Å². The van der Waals surface area contributed by atoms with Crippen LogP contribution in [0.15, 0.2) is 54.6 Å². The molecule has 0 radical (unpaired) electrons. The lowest BCUT2D eigenvalue weighted by Gasteiger charge is -2.32. The van der Waals surface area contributed by atoms with Crippen LogP contribution in [-0.4, -0.2) is 42.9 Å². The first-order valence-corrected chi connectivity index (χ1v) is 10.5. The zero-order valence-electron chi connectivity index (χ0n) is 17.2. The third-order valence-corrected chi connectivity index (χ3v) is 5.47. The van der Waals surface area contributed by atoms with Gasteiger partial charge in [-0.15, -0.1) is 0 Å². The molecule has 3 rings (SSSR count). The second-order valence-corrected chi connectivity index (χ2v) is 7.85. The maximum Gasteiger partial charge on any atom is 0.251 e. The normalized spacial score (nSPS) is 16.9. The summed E-state index contributed by atoms with van der Waals surface area (Å²) in [6, 6.07) is 18.0. The molecule has 5 nitrogen and oxygen atoms in total. The molecular formula is C24H31N3O2. The van der Waals surface area contributed by atoms with Gasteiger partial charge < -0.3 is 10.6 Å². The van der Waals surface area contributed by atoms with Crippen LogP contribution in [0.2, 0.25) is 0 Å². The van der Waals surface area contributed by atoms with Gasteiger partial charge in [-0.05, 0) is 49.4 Å². The molecule has 29 heavy (non-hydrogen) atoms. The second-order valence-electron chi connectivity index (χ2n) is 7.85. The number of amides is 2. The largest absolute Gasteiger partial charge is 0.356 e. The monoisotopic (exact) mass is 393 g/mol. The molecule has 0 aliphatic carbocycles. The van der Waals surface area contributed by atoms with E-state index in [1.165, 1.54) is 12.0 Å². The van der Waals surface area contributed by atoms with Crippen LogP contribution >= 0.6 is 0 Å². The number of piperidine rings is 1. The first-order chi connectivity index (χ1) is 14.1. The molecule has 2 N–H and O–H groups in total. The predicted octanol–water partition coefficient (Wildman–Crippen LogP) is 3.14. The van der Waals surface area contributed by atoms with Crippen LogP contribution in [0.25, 0.3) is 0 Å². The van der Waals surface area contributed by atoms with Crippen molar-refractivity contribution in [1.82, 2.24) is 15.5 Å². The summed E-state index contributed by atoms with van der Waals surface area (Å²) in [7, 11) is 0. The predicted molar refractivity (Wildman–Crippen MR) is 116 cm³/mol. The first kappa shape index (κ1) is 21.1. The Morgan fingerprint density at radius 2 is 1.79 bits per heavy atom. The highest BCUT2D eigenvalue weighted by molar-refractivity contribution is 5.95. The molecule has 0 spiro atoms. The van der Waals surface area contributed by atoms with Gasteiger partial charge in [0.05, 0.1) is 0 Å². The first-order valence-electron chi connectivity index (χ1n) is 10.5. The van der Waals surface area contributed by atoms with Gasteiger partial charge in [0.25, 0.3) is 5.91 Å². The molecule has 0 bridgehead atoms. The minimum absolute atomic E-state index is 0.00438. The molecule has 154 valence electrons. The molecule has 5 heteroatoms. The molecule has 1 aliphatic heterocycles. The van der Waals surface area contributed by atoms with Crippen LogP contribution in [0, 0.1) is 12.8 Å². The van der Waals surface area contributed by atoms with Gasteiger partial charge in [-0.3, -0.25) is 14.5 Å². The van der Waals surface area contributed by atoms with E-state index >= 15 is 0 Å². The minimum atomic E-state index is -0.125. The van der Waals surface area contributed by atoms with Crippen molar-refractivity contribution in [1.29, 1.82) is 0 Å². The number of benzene rings is 2. The van der Waals surface area contributed by atoms with Crippen LogP contribution in [0.1, 0.15) is 40.7 Å². The van der Waals surface area contributed by atoms with Crippen molar-refractivity contribution in [3.63, 3.8) is 0 Å². The smallest absolute Gasteiger partial charge is 0.251 e. The number of hydrogen-bond donors (Lipinski definition) is 2. The highest BCUT2D eigenvalue weighted by Gasteiger charge is 2.20.